The van der Waals surface area contributed by atoms with E-state index in [1.807, 2.05) is 13.1 Å². The number of alkyl halides is 1. The molecule has 0 radical (unpaired) electrons. The number of unbranched alkanes of at least 4 members (excludes halogenated alkanes) is 1. The number of benzene rings is 1. The number of aromatic amines is 1. The van der Waals surface area contributed by atoms with Crippen molar-refractivity contribution in [2.24, 2.45) is 5.92 Å². The number of piperidine rings is 1. The number of fused-ring (bicyclic) bond motifs is 1. The minimum Gasteiger partial charge on any atom is -0.361 e. The second kappa shape index (κ2) is 9.61. The Labute approximate surface area is 187 Å². The van der Waals surface area contributed by atoms with Gasteiger partial charge in [0.1, 0.15) is 5.01 Å². The lowest BCUT2D eigenvalue weighted by Crippen LogP contribution is -2.37. The molecule has 6 heteroatoms. The highest BCUT2D eigenvalue weighted by Crippen LogP contribution is 2.39. The van der Waals surface area contributed by atoms with Crippen LogP contribution in [0.5, 0.6) is 0 Å². The number of thiazole rings is 1. The van der Waals surface area contributed by atoms with E-state index in [0.29, 0.717) is 29.1 Å². The van der Waals surface area contributed by atoms with Gasteiger partial charge in [-0.25, -0.2) is 9.37 Å². The Hall–Kier alpha value is -2.05. The van der Waals surface area contributed by atoms with Crippen molar-refractivity contribution in [2.75, 3.05) is 20.1 Å². The summed E-state index contributed by atoms with van der Waals surface area (Å²) in [5.74, 6) is 0.376. The van der Waals surface area contributed by atoms with Crippen LogP contribution in [0.2, 0.25) is 0 Å². The summed E-state index contributed by atoms with van der Waals surface area (Å²) in [6.07, 6.45) is 9.18. The number of para-hydroxylation sites is 1. The molecular formula is C25H32FN3OS. The number of Topliss-reactive ketones (excluding diaryl/α,β-unsaturated/α-hetero) is 1. The second-order valence-electron chi connectivity index (χ2n) is 9.00. The van der Waals surface area contributed by atoms with E-state index in [4.69, 9.17) is 0 Å². The van der Waals surface area contributed by atoms with Crippen LogP contribution in [-0.2, 0) is 12.1 Å². The molecule has 1 aliphatic rings. The molecule has 0 bridgehead atoms. The second-order valence-corrected chi connectivity index (χ2v) is 10.0. The van der Waals surface area contributed by atoms with Crippen LogP contribution in [0.4, 0.5) is 4.39 Å². The summed E-state index contributed by atoms with van der Waals surface area (Å²) in [4.78, 5) is 23.5. The molecule has 166 valence electrons. The summed E-state index contributed by atoms with van der Waals surface area (Å²) in [6.45, 7) is 3.63. The van der Waals surface area contributed by atoms with E-state index in [1.165, 1.54) is 22.3 Å². The SMILES string of the molecule is CCCCC(CC(=O)c1cnc(C2(F)CCN(C)CC2)s1)Cc1c[nH]c2ccccc12. The lowest BCUT2D eigenvalue weighted by atomic mass is 9.89. The van der Waals surface area contributed by atoms with Gasteiger partial charge in [0.25, 0.3) is 0 Å². The van der Waals surface area contributed by atoms with E-state index in [2.05, 4.69) is 46.2 Å². The molecule has 1 N–H and O–H groups in total. The minimum atomic E-state index is -1.39. The van der Waals surface area contributed by atoms with Crippen LogP contribution in [0, 0.1) is 5.92 Å². The highest BCUT2D eigenvalue weighted by Gasteiger charge is 2.38. The maximum Gasteiger partial charge on any atom is 0.174 e. The Bertz CT molecular complexity index is 1020. The van der Waals surface area contributed by atoms with Crippen molar-refractivity contribution in [1.82, 2.24) is 14.9 Å². The molecule has 3 aromatic rings. The number of halogens is 1. The average Bonchev–Trinajstić information content (AvgIpc) is 3.43. The Morgan fingerprint density at radius 1 is 1.32 bits per heavy atom. The zero-order valence-corrected chi connectivity index (χ0v) is 19.3. The van der Waals surface area contributed by atoms with Gasteiger partial charge in [0.05, 0.1) is 4.88 Å². The Balaban J connectivity index is 1.46. The van der Waals surface area contributed by atoms with Gasteiger partial charge in [-0.2, -0.15) is 0 Å². The molecule has 0 saturated carbocycles. The quantitative estimate of drug-likeness (QED) is 0.406. The number of nitrogens with zero attached hydrogens (tertiary/aromatic N) is 2. The first-order valence-electron chi connectivity index (χ1n) is 11.4. The Morgan fingerprint density at radius 2 is 2.10 bits per heavy atom. The summed E-state index contributed by atoms with van der Waals surface area (Å²) >= 11 is 1.26. The normalized spacial score (nSPS) is 17.8. The van der Waals surface area contributed by atoms with Crippen LogP contribution in [0.1, 0.15) is 65.7 Å². The van der Waals surface area contributed by atoms with Crippen LogP contribution in [-0.4, -0.2) is 40.8 Å². The van der Waals surface area contributed by atoms with Crippen molar-refractivity contribution in [3.05, 3.63) is 52.1 Å². The molecule has 0 aliphatic carbocycles. The van der Waals surface area contributed by atoms with E-state index in [0.717, 1.165) is 44.3 Å². The number of rotatable bonds is 9. The molecule has 1 fully saturated rings. The molecule has 1 atom stereocenters. The number of aromatic nitrogens is 2. The lowest BCUT2D eigenvalue weighted by molar-refractivity contribution is 0.0671. The molecule has 31 heavy (non-hydrogen) atoms. The molecular weight excluding hydrogens is 409 g/mol. The Kier molecular flexibility index (Phi) is 6.87. The van der Waals surface area contributed by atoms with Crippen molar-refractivity contribution >= 4 is 28.0 Å². The van der Waals surface area contributed by atoms with E-state index < -0.39 is 5.67 Å². The summed E-state index contributed by atoms with van der Waals surface area (Å²) in [6, 6.07) is 8.31. The smallest absolute Gasteiger partial charge is 0.174 e. The third-order valence-electron chi connectivity index (χ3n) is 6.57. The number of carbonyl (C=O) groups is 1. The molecule has 0 amide bonds. The third-order valence-corrected chi connectivity index (χ3v) is 7.78. The van der Waals surface area contributed by atoms with Gasteiger partial charge in [-0.05, 0) is 37.4 Å². The van der Waals surface area contributed by atoms with E-state index in [1.54, 1.807) is 6.20 Å². The van der Waals surface area contributed by atoms with E-state index in [-0.39, 0.29) is 11.7 Å². The summed E-state index contributed by atoms with van der Waals surface area (Å²) < 4.78 is 15.4. The minimum absolute atomic E-state index is 0.0984. The zero-order valence-electron chi connectivity index (χ0n) is 18.5. The van der Waals surface area contributed by atoms with Crippen molar-refractivity contribution < 1.29 is 9.18 Å². The first kappa shape index (κ1) is 22.2. The topological polar surface area (TPSA) is 49.0 Å². The molecule has 2 aromatic heterocycles. The van der Waals surface area contributed by atoms with Crippen LogP contribution in [0.15, 0.2) is 36.7 Å². The molecule has 3 heterocycles. The molecule has 1 unspecified atom stereocenters. The van der Waals surface area contributed by atoms with Gasteiger partial charge in [-0.1, -0.05) is 38.0 Å². The van der Waals surface area contributed by atoms with Crippen molar-refractivity contribution in [1.29, 1.82) is 0 Å². The number of likely N-dealkylation sites (tertiary alicyclic amines) is 1. The number of H-pyrrole nitrogens is 1. The maximum atomic E-state index is 15.4. The average molecular weight is 442 g/mol. The van der Waals surface area contributed by atoms with E-state index in [9.17, 15) is 4.79 Å². The fourth-order valence-corrected chi connectivity index (χ4v) is 5.54. The fraction of sp³-hybridized carbons (Fsp3) is 0.520. The van der Waals surface area contributed by atoms with Gasteiger partial charge in [0.15, 0.2) is 11.5 Å². The van der Waals surface area contributed by atoms with Crippen LogP contribution in [0.3, 0.4) is 0 Å². The van der Waals surface area contributed by atoms with Gasteiger partial charge in [-0.3, -0.25) is 4.79 Å². The Morgan fingerprint density at radius 3 is 2.87 bits per heavy atom. The number of carbonyl (C=O) groups excluding carboxylic acids is 1. The van der Waals surface area contributed by atoms with E-state index >= 15 is 4.39 Å². The van der Waals surface area contributed by atoms with Gasteiger partial charge in [-0.15, -0.1) is 11.3 Å². The van der Waals surface area contributed by atoms with Gasteiger partial charge < -0.3 is 9.88 Å². The first-order valence-corrected chi connectivity index (χ1v) is 12.2. The number of ketones is 1. The van der Waals surface area contributed by atoms with Crippen LogP contribution >= 0.6 is 11.3 Å². The molecule has 4 nitrogen and oxygen atoms in total. The molecule has 4 rings (SSSR count). The van der Waals surface area contributed by atoms with Crippen LogP contribution < -0.4 is 0 Å². The maximum absolute atomic E-state index is 15.4. The molecule has 0 spiro atoms. The van der Waals surface area contributed by atoms with Crippen molar-refractivity contribution in [3.63, 3.8) is 0 Å². The predicted molar refractivity (Wildman–Crippen MR) is 126 cm³/mol. The number of hydrogen-bond donors (Lipinski definition) is 1. The summed E-state index contributed by atoms with van der Waals surface area (Å²) in [5, 5.41) is 1.71. The molecule has 1 aliphatic heterocycles. The summed E-state index contributed by atoms with van der Waals surface area (Å²) in [5.41, 5.74) is 1.02. The van der Waals surface area contributed by atoms with Gasteiger partial charge in [0.2, 0.25) is 0 Å². The number of hydrogen-bond acceptors (Lipinski definition) is 4. The van der Waals surface area contributed by atoms with Crippen molar-refractivity contribution in [2.45, 2.75) is 57.5 Å². The summed E-state index contributed by atoms with van der Waals surface area (Å²) in [7, 11) is 2.01. The first-order chi connectivity index (χ1) is 15.0. The van der Waals surface area contributed by atoms with Crippen molar-refractivity contribution in [3.8, 4) is 0 Å². The fourth-order valence-electron chi connectivity index (χ4n) is 4.54. The molecule has 1 aromatic carbocycles. The lowest BCUT2D eigenvalue weighted by Gasteiger charge is -2.32. The largest absolute Gasteiger partial charge is 0.361 e. The standard InChI is InChI=1S/C25H32FN3OS/c1-3-4-7-18(14-19-16-27-21-9-6-5-8-20(19)21)15-22(30)23-17-28-24(31-23)25(26)10-12-29(2)13-11-25/h5-6,8-9,16-18,27H,3-4,7,10-15H2,1-2H3. The predicted octanol–water partition coefficient (Wildman–Crippen LogP) is 6.14. The van der Waals surface area contributed by atoms with Gasteiger partial charge in [0, 0.05) is 55.6 Å². The highest BCUT2D eigenvalue weighted by atomic mass is 32.1. The highest BCUT2D eigenvalue weighted by molar-refractivity contribution is 7.13. The monoisotopic (exact) mass is 441 g/mol. The molecule has 1 saturated heterocycles. The van der Waals surface area contributed by atoms with Gasteiger partial charge >= 0.3 is 0 Å². The zero-order chi connectivity index (χ0) is 21.8. The number of nitrogens with one attached hydrogen (secondary N) is 1. The third kappa shape index (κ3) is 5.07. The van der Waals surface area contributed by atoms with Crippen LogP contribution in [0.25, 0.3) is 10.9 Å².